The van der Waals surface area contributed by atoms with E-state index in [-0.39, 0.29) is 11.1 Å². The van der Waals surface area contributed by atoms with Gasteiger partial charge in [-0.05, 0) is 48.2 Å². The highest BCUT2D eigenvalue weighted by molar-refractivity contribution is 5.86. The molecule has 0 bridgehead atoms. The second kappa shape index (κ2) is 8.96. The zero-order valence-electron chi connectivity index (χ0n) is 17.5. The summed E-state index contributed by atoms with van der Waals surface area (Å²) in [4.78, 5) is 24.3. The number of hydrogen-bond acceptors (Lipinski definition) is 3. The summed E-state index contributed by atoms with van der Waals surface area (Å²) < 4.78 is 2.23. The minimum Gasteiger partial charge on any atom is -0.339 e. The van der Waals surface area contributed by atoms with Crippen LogP contribution in [-0.2, 0) is 13.0 Å². The number of rotatable bonds is 7. The van der Waals surface area contributed by atoms with Gasteiger partial charge in [0.05, 0.1) is 10.4 Å². The zero-order valence-corrected chi connectivity index (χ0v) is 17.5. The van der Waals surface area contributed by atoms with Crippen molar-refractivity contribution in [3.05, 3.63) is 110 Å². The third-order valence-electron chi connectivity index (χ3n) is 5.60. The lowest BCUT2D eigenvalue weighted by molar-refractivity contribution is -0.384. The summed E-state index contributed by atoms with van der Waals surface area (Å²) >= 11 is 0. The molecule has 156 valence electrons. The summed E-state index contributed by atoms with van der Waals surface area (Å²) in [5, 5.41) is 11.8. The molecule has 0 aliphatic rings. The van der Waals surface area contributed by atoms with Crippen LogP contribution < -0.4 is 5.43 Å². The molecular weight excluding hydrogens is 388 g/mol. The normalized spacial score (nSPS) is 11.0. The van der Waals surface area contributed by atoms with Crippen molar-refractivity contribution in [2.24, 2.45) is 0 Å². The van der Waals surface area contributed by atoms with E-state index in [1.165, 1.54) is 12.1 Å². The molecule has 0 aliphatic heterocycles. The van der Waals surface area contributed by atoms with Gasteiger partial charge >= 0.3 is 0 Å². The van der Waals surface area contributed by atoms with Crippen molar-refractivity contribution >= 4 is 16.6 Å². The summed E-state index contributed by atoms with van der Waals surface area (Å²) in [7, 11) is 0. The number of benzene rings is 3. The van der Waals surface area contributed by atoms with E-state index < -0.39 is 4.92 Å². The summed E-state index contributed by atoms with van der Waals surface area (Å²) in [6.07, 6.45) is 2.72. The number of hydrogen-bond donors (Lipinski definition) is 0. The van der Waals surface area contributed by atoms with Gasteiger partial charge in [0.15, 0.2) is 5.43 Å². The Balaban J connectivity index is 2.00. The Hall–Kier alpha value is -3.73. The number of aromatic nitrogens is 1. The summed E-state index contributed by atoms with van der Waals surface area (Å²) in [6, 6.07) is 24.2. The van der Waals surface area contributed by atoms with E-state index in [2.05, 4.69) is 23.6 Å². The number of para-hydroxylation sites is 1. The quantitative estimate of drug-likeness (QED) is 0.277. The maximum absolute atomic E-state index is 13.6. The highest BCUT2D eigenvalue weighted by atomic mass is 16.6. The molecule has 0 saturated carbocycles. The fourth-order valence-electron chi connectivity index (χ4n) is 4.05. The first-order chi connectivity index (χ1) is 15.1. The smallest absolute Gasteiger partial charge is 0.269 e. The van der Waals surface area contributed by atoms with Crippen LogP contribution in [0.25, 0.3) is 22.0 Å². The van der Waals surface area contributed by atoms with Gasteiger partial charge in [-0.15, -0.1) is 0 Å². The van der Waals surface area contributed by atoms with Gasteiger partial charge < -0.3 is 4.57 Å². The second-order valence-corrected chi connectivity index (χ2v) is 7.65. The molecular formula is C26H24N2O3. The Labute approximate surface area is 180 Å². The number of fused-ring (bicyclic) bond motifs is 1. The van der Waals surface area contributed by atoms with Gasteiger partial charge in [-0.25, -0.2) is 0 Å². The molecule has 0 atom stereocenters. The predicted molar refractivity (Wildman–Crippen MR) is 124 cm³/mol. The SMILES string of the molecule is CCCCc1c(-c2ccc([N+](=O)[O-])cc2)c(=O)c2ccccc2n1Cc1ccccc1. The van der Waals surface area contributed by atoms with E-state index in [1.807, 2.05) is 42.5 Å². The summed E-state index contributed by atoms with van der Waals surface area (Å²) in [5.74, 6) is 0. The average molecular weight is 412 g/mol. The zero-order chi connectivity index (χ0) is 21.8. The van der Waals surface area contributed by atoms with Crippen LogP contribution in [0.5, 0.6) is 0 Å². The van der Waals surface area contributed by atoms with Crippen LogP contribution >= 0.6 is 0 Å². The molecule has 0 aliphatic carbocycles. The van der Waals surface area contributed by atoms with Crippen molar-refractivity contribution in [1.29, 1.82) is 0 Å². The standard InChI is InChI=1S/C26H24N2O3/c1-2-3-12-24-25(20-14-16-21(17-15-20)28(30)31)26(29)22-11-7-8-13-23(22)27(24)18-19-9-5-4-6-10-19/h4-11,13-17H,2-3,12,18H2,1H3. The number of nitro benzene ring substituents is 1. The lowest BCUT2D eigenvalue weighted by Crippen LogP contribution is -2.19. The highest BCUT2D eigenvalue weighted by Gasteiger charge is 2.19. The van der Waals surface area contributed by atoms with Gasteiger partial charge in [0.25, 0.3) is 5.69 Å². The maximum Gasteiger partial charge on any atom is 0.269 e. The van der Waals surface area contributed by atoms with Crippen LogP contribution in [0.4, 0.5) is 5.69 Å². The maximum atomic E-state index is 13.6. The average Bonchev–Trinajstić information content (AvgIpc) is 2.80. The van der Waals surface area contributed by atoms with E-state index in [0.717, 1.165) is 36.0 Å². The Morgan fingerprint density at radius 3 is 2.26 bits per heavy atom. The fraction of sp³-hybridized carbons (Fsp3) is 0.192. The predicted octanol–water partition coefficient (Wildman–Crippen LogP) is 5.97. The molecule has 0 saturated heterocycles. The van der Waals surface area contributed by atoms with Crippen molar-refractivity contribution in [2.45, 2.75) is 32.7 Å². The van der Waals surface area contributed by atoms with E-state index in [9.17, 15) is 14.9 Å². The Morgan fingerprint density at radius 1 is 0.903 bits per heavy atom. The minimum atomic E-state index is -0.421. The molecule has 1 heterocycles. The molecule has 3 aromatic carbocycles. The van der Waals surface area contributed by atoms with Gasteiger partial charge in [0, 0.05) is 35.3 Å². The third kappa shape index (κ3) is 4.12. The first-order valence-corrected chi connectivity index (χ1v) is 10.5. The lowest BCUT2D eigenvalue weighted by Gasteiger charge is -2.21. The summed E-state index contributed by atoms with van der Waals surface area (Å²) in [5.41, 5.74) is 4.39. The highest BCUT2D eigenvalue weighted by Crippen LogP contribution is 2.28. The van der Waals surface area contributed by atoms with Crippen LogP contribution in [-0.4, -0.2) is 9.49 Å². The van der Waals surface area contributed by atoms with E-state index >= 15 is 0 Å². The Morgan fingerprint density at radius 2 is 1.58 bits per heavy atom. The van der Waals surface area contributed by atoms with Gasteiger partial charge in [0.2, 0.25) is 0 Å². The van der Waals surface area contributed by atoms with Crippen molar-refractivity contribution in [2.75, 3.05) is 0 Å². The van der Waals surface area contributed by atoms with Gasteiger partial charge in [-0.1, -0.05) is 55.8 Å². The topological polar surface area (TPSA) is 65.1 Å². The minimum absolute atomic E-state index is 0.0178. The molecule has 0 fully saturated rings. The molecule has 4 aromatic rings. The molecule has 0 spiro atoms. The number of unbranched alkanes of at least 4 members (excludes halogenated alkanes) is 1. The number of nitrogens with zero attached hydrogens (tertiary/aromatic N) is 2. The van der Waals surface area contributed by atoms with Crippen molar-refractivity contribution in [3.8, 4) is 11.1 Å². The molecule has 0 unspecified atom stereocenters. The first kappa shape index (κ1) is 20.5. The fourth-order valence-corrected chi connectivity index (χ4v) is 4.05. The number of pyridine rings is 1. The van der Waals surface area contributed by atoms with Crippen LogP contribution in [0.3, 0.4) is 0 Å². The molecule has 1 aromatic heterocycles. The van der Waals surface area contributed by atoms with Crippen molar-refractivity contribution in [1.82, 2.24) is 4.57 Å². The molecule has 5 nitrogen and oxygen atoms in total. The van der Waals surface area contributed by atoms with Crippen LogP contribution in [0.1, 0.15) is 31.0 Å². The summed E-state index contributed by atoms with van der Waals surface area (Å²) in [6.45, 7) is 2.78. The first-order valence-electron chi connectivity index (χ1n) is 10.5. The van der Waals surface area contributed by atoms with Crippen LogP contribution in [0.2, 0.25) is 0 Å². The third-order valence-corrected chi connectivity index (χ3v) is 5.60. The Bertz CT molecular complexity index is 1280. The Kier molecular flexibility index (Phi) is 5.94. The van der Waals surface area contributed by atoms with Gasteiger partial charge in [-0.2, -0.15) is 0 Å². The molecule has 4 rings (SSSR count). The van der Waals surface area contributed by atoms with Gasteiger partial charge in [-0.3, -0.25) is 14.9 Å². The van der Waals surface area contributed by atoms with Crippen LogP contribution in [0.15, 0.2) is 83.7 Å². The van der Waals surface area contributed by atoms with Crippen LogP contribution in [0, 0.1) is 10.1 Å². The second-order valence-electron chi connectivity index (χ2n) is 7.65. The molecule has 0 amide bonds. The van der Waals surface area contributed by atoms with Gasteiger partial charge in [0.1, 0.15) is 0 Å². The molecule has 5 heteroatoms. The lowest BCUT2D eigenvalue weighted by atomic mass is 9.96. The van der Waals surface area contributed by atoms with E-state index in [0.29, 0.717) is 23.1 Å². The van der Waals surface area contributed by atoms with E-state index in [4.69, 9.17) is 0 Å². The molecule has 0 radical (unpaired) electrons. The van der Waals surface area contributed by atoms with E-state index in [1.54, 1.807) is 12.1 Å². The molecule has 0 N–H and O–H groups in total. The molecule has 31 heavy (non-hydrogen) atoms. The largest absolute Gasteiger partial charge is 0.339 e. The number of non-ortho nitro benzene ring substituents is 1. The van der Waals surface area contributed by atoms with Crippen molar-refractivity contribution in [3.63, 3.8) is 0 Å². The van der Waals surface area contributed by atoms with Crippen molar-refractivity contribution < 1.29 is 4.92 Å². The number of nitro groups is 1. The monoisotopic (exact) mass is 412 g/mol.